The van der Waals surface area contributed by atoms with Crippen molar-refractivity contribution in [3.05, 3.63) is 0 Å². The molecule has 1 amide bonds. The van der Waals surface area contributed by atoms with Gasteiger partial charge in [0.2, 0.25) is 0 Å². The minimum Gasteiger partial charge on any atom is -0.482 e. The van der Waals surface area contributed by atoms with Crippen molar-refractivity contribution in [3.8, 4) is 0 Å². The van der Waals surface area contributed by atoms with Crippen LogP contribution in [0.25, 0.3) is 0 Å². The van der Waals surface area contributed by atoms with E-state index in [2.05, 4.69) is 5.32 Å². The second-order valence-electron chi connectivity index (χ2n) is 4.85. The fourth-order valence-corrected chi connectivity index (χ4v) is 1.13. The normalized spacial score (nSPS) is 13.2. The minimum atomic E-state index is -0.510. The van der Waals surface area contributed by atoms with Crippen molar-refractivity contribution in [1.82, 2.24) is 5.32 Å². The Morgan fingerprint density at radius 2 is 1.75 bits per heavy atom. The maximum atomic E-state index is 11.4. The van der Waals surface area contributed by atoms with Crippen LogP contribution in [0.15, 0.2) is 0 Å². The topological polar surface area (TPSA) is 47.6 Å². The molecule has 16 heavy (non-hydrogen) atoms. The number of thiocarbonyl (C=S) groups is 1. The predicted molar refractivity (Wildman–Crippen MR) is 67.7 cm³/mol. The molecule has 0 radical (unpaired) electrons. The molecule has 4 nitrogen and oxygen atoms in total. The van der Waals surface area contributed by atoms with Crippen molar-refractivity contribution in [3.63, 3.8) is 0 Å². The highest BCUT2D eigenvalue weighted by molar-refractivity contribution is 7.80. The van der Waals surface area contributed by atoms with Gasteiger partial charge in [-0.3, -0.25) is 0 Å². The average Bonchev–Trinajstić information content (AvgIpc) is 1.98. The first-order valence-corrected chi connectivity index (χ1v) is 5.72. The highest BCUT2D eigenvalue weighted by Crippen LogP contribution is 2.07. The smallest absolute Gasteiger partial charge is 0.408 e. The van der Waals surface area contributed by atoms with Crippen molar-refractivity contribution in [2.24, 2.45) is 0 Å². The molecule has 0 aliphatic rings. The Balaban J connectivity index is 4.09. The molecular formula is C11H21NO3S. The molecule has 0 aromatic heterocycles. The number of hydrogen-bond acceptors (Lipinski definition) is 4. The van der Waals surface area contributed by atoms with Crippen molar-refractivity contribution in [2.45, 2.75) is 59.3 Å². The average molecular weight is 247 g/mol. The van der Waals surface area contributed by atoms with Gasteiger partial charge in [-0.15, -0.1) is 0 Å². The Morgan fingerprint density at radius 3 is 2.12 bits per heavy atom. The zero-order valence-corrected chi connectivity index (χ0v) is 11.6. The molecule has 0 aromatic carbocycles. The Labute approximate surface area is 103 Å². The molecule has 0 aliphatic heterocycles. The molecule has 1 atom stereocenters. The maximum absolute atomic E-state index is 11.4. The van der Waals surface area contributed by atoms with E-state index in [1.165, 1.54) is 0 Å². The van der Waals surface area contributed by atoms with Gasteiger partial charge >= 0.3 is 6.09 Å². The van der Waals surface area contributed by atoms with E-state index in [1.54, 1.807) is 27.7 Å². The number of hydrogen-bond donors (Lipinski definition) is 1. The zero-order chi connectivity index (χ0) is 12.9. The summed E-state index contributed by atoms with van der Waals surface area (Å²) >= 11 is 5.02. The van der Waals surface area contributed by atoms with E-state index in [1.807, 2.05) is 13.8 Å². The third-order valence-corrected chi connectivity index (χ3v) is 1.89. The first-order valence-electron chi connectivity index (χ1n) is 5.32. The Bertz CT molecular complexity index is 258. The molecule has 5 heteroatoms. The second kappa shape index (κ2) is 6.03. The van der Waals surface area contributed by atoms with Crippen LogP contribution in [-0.2, 0) is 9.47 Å². The summed E-state index contributed by atoms with van der Waals surface area (Å²) in [5.41, 5.74) is -0.510. The summed E-state index contributed by atoms with van der Waals surface area (Å²) in [4.78, 5) is 11.4. The van der Waals surface area contributed by atoms with E-state index in [-0.39, 0.29) is 12.1 Å². The largest absolute Gasteiger partial charge is 0.482 e. The number of ether oxygens (including phenoxy) is 2. The molecule has 0 saturated heterocycles. The number of alkyl carbamates (subject to hydrolysis) is 1. The van der Waals surface area contributed by atoms with Crippen molar-refractivity contribution < 1.29 is 14.3 Å². The molecule has 0 aromatic rings. The van der Waals surface area contributed by atoms with Crippen molar-refractivity contribution >= 4 is 23.4 Å². The molecule has 0 rings (SSSR count). The minimum absolute atomic E-state index is 0.00962. The molecule has 0 heterocycles. The van der Waals surface area contributed by atoms with E-state index in [0.29, 0.717) is 5.05 Å². The maximum Gasteiger partial charge on any atom is 0.408 e. The van der Waals surface area contributed by atoms with E-state index >= 15 is 0 Å². The summed E-state index contributed by atoms with van der Waals surface area (Å²) in [5, 5.41) is 2.98. The summed E-state index contributed by atoms with van der Waals surface area (Å²) in [6.45, 7) is 10.9. The number of amides is 1. The summed E-state index contributed by atoms with van der Waals surface area (Å²) in [5.74, 6) is 0. The van der Waals surface area contributed by atoms with Crippen LogP contribution in [-0.4, -0.2) is 28.9 Å². The third kappa shape index (κ3) is 7.45. The fraction of sp³-hybridized carbons (Fsp3) is 0.818. The van der Waals surface area contributed by atoms with Crippen LogP contribution >= 0.6 is 12.2 Å². The fourth-order valence-electron chi connectivity index (χ4n) is 0.878. The predicted octanol–water partition coefficient (Wildman–Crippen LogP) is 2.65. The van der Waals surface area contributed by atoms with Gasteiger partial charge in [0.15, 0.2) is 5.05 Å². The van der Waals surface area contributed by atoms with Gasteiger partial charge in [0.25, 0.3) is 0 Å². The van der Waals surface area contributed by atoms with Crippen LogP contribution in [0.1, 0.15) is 41.5 Å². The standard InChI is InChI=1S/C11H21NO3S/c1-7(2)14-9(16)8(3)12-10(13)15-11(4,5)6/h7-8H,1-6H3,(H,12,13)/t8-/m0/s1. The van der Waals surface area contributed by atoms with Crippen molar-refractivity contribution in [1.29, 1.82) is 0 Å². The number of carbonyl (C=O) groups excluding carboxylic acids is 1. The lowest BCUT2D eigenvalue weighted by Crippen LogP contribution is -2.42. The zero-order valence-electron chi connectivity index (χ0n) is 10.8. The molecule has 0 aliphatic carbocycles. The van der Waals surface area contributed by atoms with Crippen LogP contribution in [0.4, 0.5) is 4.79 Å². The van der Waals surface area contributed by atoms with Crippen LogP contribution in [0.5, 0.6) is 0 Å². The van der Waals surface area contributed by atoms with Gasteiger partial charge in [0.1, 0.15) is 5.60 Å². The molecule has 0 unspecified atom stereocenters. The highest BCUT2D eigenvalue weighted by Gasteiger charge is 2.20. The third-order valence-electron chi connectivity index (χ3n) is 1.44. The molecule has 94 valence electrons. The van der Waals surface area contributed by atoms with Gasteiger partial charge in [0, 0.05) is 0 Å². The van der Waals surface area contributed by atoms with Crippen LogP contribution in [0.2, 0.25) is 0 Å². The Morgan fingerprint density at radius 1 is 1.25 bits per heavy atom. The summed E-state index contributed by atoms with van der Waals surface area (Å²) in [7, 11) is 0. The first-order chi connectivity index (χ1) is 7.11. The second-order valence-corrected chi connectivity index (χ2v) is 5.26. The molecule has 0 spiro atoms. The summed E-state index contributed by atoms with van der Waals surface area (Å²) in [6.07, 6.45) is -0.481. The quantitative estimate of drug-likeness (QED) is 0.779. The van der Waals surface area contributed by atoms with Gasteiger partial charge in [-0.1, -0.05) is 0 Å². The van der Waals surface area contributed by atoms with Gasteiger partial charge in [0.05, 0.1) is 12.1 Å². The molecule has 0 saturated carbocycles. The molecular weight excluding hydrogens is 226 g/mol. The van der Waals surface area contributed by atoms with E-state index < -0.39 is 11.7 Å². The Kier molecular flexibility index (Phi) is 5.72. The lowest BCUT2D eigenvalue weighted by atomic mass is 10.2. The Hall–Kier alpha value is -0.840. The number of rotatable bonds is 3. The summed E-state index contributed by atoms with van der Waals surface area (Å²) in [6, 6.07) is -0.341. The van der Waals surface area contributed by atoms with Gasteiger partial charge < -0.3 is 14.8 Å². The van der Waals surface area contributed by atoms with Gasteiger partial charge in [-0.25, -0.2) is 4.79 Å². The van der Waals surface area contributed by atoms with Crippen LogP contribution < -0.4 is 5.32 Å². The highest BCUT2D eigenvalue weighted by atomic mass is 32.1. The van der Waals surface area contributed by atoms with Crippen LogP contribution in [0.3, 0.4) is 0 Å². The molecule has 0 bridgehead atoms. The van der Waals surface area contributed by atoms with E-state index in [0.717, 1.165) is 0 Å². The monoisotopic (exact) mass is 247 g/mol. The van der Waals surface area contributed by atoms with Crippen LogP contribution in [0, 0.1) is 0 Å². The van der Waals surface area contributed by atoms with Crippen molar-refractivity contribution in [2.75, 3.05) is 0 Å². The SMILES string of the molecule is CC(C)OC(=S)[C@H](C)NC(=O)OC(C)(C)C. The van der Waals surface area contributed by atoms with Gasteiger partial charge in [-0.05, 0) is 53.8 Å². The first kappa shape index (κ1) is 15.2. The lowest BCUT2D eigenvalue weighted by molar-refractivity contribution is 0.0515. The van der Waals surface area contributed by atoms with Gasteiger partial charge in [-0.2, -0.15) is 0 Å². The molecule has 0 fully saturated rings. The number of carbonyl (C=O) groups is 1. The van der Waals surface area contributed by atoms with E-state index in [9.17, 15) is 4.79 Å². The number of nitrogens with one attached hydrogen (secondary N) is 1. The lowest BCUT2D eigenvalue weighted by Gasteiger charge is -2.22. The molecule has 1 N–H and O–H groups in total. The summed E-state index contributed by atoms with van der Waals surface area (Å²) < 4.78 is 10.4. The van der Waals surface area contributed by atoms with E-state index in [4.69, 9.17) is 21.7 Å².